The highest BCUT2D eigenvalue weighted by molar-refractivity contribution is 5.75. The normalized spacial score (nSPS) is 25.0. The molecule has 2 aromatic rings. The zero-order chi connectivity index (χ0) is 11.7. The van der Waals surface area contributed by atoms with Gasteiger partial charge in [0.1, 0.15) is 6.10 Å². The van der Waals surface area contributed by atoms with Crippen LogP contribution in [-0.2, 0) is 0 Å². The van der Waals surface area contributed by atoms with E-state index in [1.54, 1.807) is 6.20 Å². The van der Waals surface area contributed by atoms with Crippen LogP contribution in [0.4, 0.5) is 0 Å². The zero-order valence-corrected chi connectivity index (χ0v) is 9.72. The minimum atomic E-state index is 0.202. The number of rotatable bonds is 2. The Morgan fingerprint density at radius 3 is 3.18 bits per heavy atom. The minimum Gasteiger partial charge on any atom is -0.487 e. The van der Waals surface area contributed by atoms with E-state index >= 15 is 0 Å². The minimum absolute atomic E-state index is 0.202. The van der Waals surface area contributed by atoms with Gasteiger partial charge in [-0.25, -0.2) is 9.97 Å². The van der Waals surface area contributed by atoms with E-state index in [0.717, 1.165) is 25.1 Å². The Bertz CT molecular complexity index is 503. The van der Waals surface area contributed by atoms with Gasteiger partial charge in [0, 0.05) is 24.8 Å². The number of ether oxygens (including phenoxy) is 1. The molecule has 0 bridgehead atoms. The van der Waals surface area contributed by atoms with Crippen LogP contribution in [-0.4, -0.2) is 28.7 Å². The first kappa shape index (κ1) is 10.5. The molecule has 5 heteroatoms. The Morgan fingerprint density at radius 2 is 2.35 bits per heavy atom. The van der Waals surface area contributed by atoms with E-state index < -0.39 is 0 Å². The maximum Gasteiger partial charge on any atom is 0.250 e. The van der Waals surface area contributed by atoms with Gasteiger partial charge in [-0.15, -0.1) is 0 Å². The Hall–Kier alpha value is -1.62. The second-order valence-electron chi connectivity index (χ2n) is 4.44. The molecule has 1 saturated heterocycles. The highest BCUT2D eigenvalue weighted by Gasteiger charge is 2.20. The van der Waals surface area contributed by atoms with Gasteiger partial charge >= 0.3 is 0 Å². The van der Waals surface area contributed by atoms with Crippen molar-refractivity contribution in [3.05, 3.63) is 18.7 Å². The molecule has 3 heterocycles. The van der Waals surface area contributed by atoms with Gasteiger partial charge in [0.25, 0.3) is 5.71 Å². The number of fused-ring (bicyclic) bond motifs is 1. The molecule has 1 N–H and O–H groups in total. The standard InChI is InChI=1S/C12H15N3O2/c1-8-2-3-9(6-14-8)17-10-4-5-13-12-11(10)15-7-16-12/h4-5,7-9,14H,2-3,6H2,1H3/t8-,9-/m1/s1. The molecule has 2 atom stereocenters. The fraction of sp³-hybridized carbons (Fsp3) is 0.500. The molecule has 3 rings (SSSR count). The van der Waals surface area contributed by atoms with E-state index in [1.165, 1.54) is 6.39 Å². The first-order valence-electron chi connectivity index (χ1n) is 5.91. The molecule has 90 valence electrons. The third-order valence-electron chi connectivity index (χ3n) is 3.11. The van der Waals surface area contributed by atoms with Crippen molar-refractivity contribution >= 4 is 11.2 Å². The van der Waals surface area contributed by atoms with Crippen LogP contribution in [0.2, 0.25) is 0 Å². The van der Waals surface area contributed by atoms with Gasteiger partial charge in [-0.1, -0.05) is 0 Å². The summed E-state index contributed by atoms with van der Waals surface area (Å²) >= 11 is 0. The van der Waals surface area contributed by atoms with E-state index in [0.29, 0.717) is 17.3 Å². The Morgan fingerprint density at radius 1 is 1.41 bits per heavy atom. The number of nitrogens with one attached hydrogen (secondary N) is 1. The molecule has 0 aromatic carbocycles. The highest BCUT2D eigenvalue weighted by Crippen LogP contribution is 2.24. The molecule has 0 radical (unpaired) electrons. The quantitative estimate of drug-likeness (QED) is 0.856. The Labute approximate surface area is 99.2 Å². The van der Waals surface area contributed by atoms with Crippen molar-refractivity contribution in [2.45, 2.75) is 31.9 Å². The molecule has 1 aliphatic heterocycles. The monoisotopic (exact) mass is 233 g/mol. The average Bonchev–Trinajstić information content (AvgIpc) is 2.81. The summed E-state index contributed by atoms with van der Waals surface area (Å²) in [7, 11) is 0. The summed E-state index contributed by atoms with van der Waals surface area (Å²) in [5.41, 5.74) is 1.23. The van der Waals surface area contributed by atoms with Crippen LogP contribution in [0.3, 0.4) is 0 Å². The van der Waals surface area contributed by atoms with Crippen molar-refractivity contribution in [1.82, 2.24) is 15.3 Å². The molecule has 0 aliphatic carbocycles. The summed E-state index contributed by atoms with van der Waals surface area (Å²) < 4.78 is 11.1. The Balaban J connectivity index is 1.78. The number of piperidine rings is 1. The maximum absolute atomic E-state index is 5.95. The molecule has 0 saturated carbocycles. The van der Waals surface area contributed by atoms with Crippen molar-refractivity contribution < 1.29 is 9.15 Å². The number of hydrogen-bond donors (Lipinski definition) is 1. The van der Waals surface area contributed by atoms with E-state index in [9.17, 15) is 0 Å². The number of hydrogen-bond acceptors (Lipinski definition) is 5. The molecule has 17 heavy (non-hydrogen) atoms. The SMILES string of the molecule is C[C@@H]1CC[C@@H](Oc2ccnc3ocnc23)CN1. The van der Waals surface area contributed by atoms with Crippen LogP contribution in [0.15, 0.2) is 23.1 Å². The summed E-state index contributed by atoms with van der Waals surface area (Å²) in [6.07, 6.45) is 5.48. The average molecular weight is 233 g/mol. The van der Waals surface area contributed by atoms with Crippen molar-refractivity contribution in [2.75, 3.05) is 6.54 Å². The fourth-order valence-corrected chi connectivity index (χ4v) is 2.10. The largest absolute Gasteiger partial charge is 0.487 e. The number of nitrogens with zero attached hydrogens (tertiary/aromatic N) is 2. The van der Waals surface area contributed by atoms with Gasteiger partial charge in [0.05, 0.1) is 0 Å². The van der Waals surface area contributed by atoms with Gasteiger partial charge in [-0.3, -0.25) is 0 Å². The number of aromatic nitrogens is 2. The second kappa shape index (κ2) is 4.33. The van der Waals surface area contributed by atoms with Crippen molar-refractivity contribution in [3.63, 3.8) is 0 Å². The third kappa shape index (κ3) is 2.10. The van der Waals surface area contributed by atoms with Gasteiger partial charge in [-0.05, 0) is 19.8 Å². The van der Waals surface area contributed by atoms with Gasteiger partial charge in [-0.2, -0.15) is 0 Å². The molecular weight excluding hydrogens is 218 g/mol. The van der Waals surface area contributed by atoms with Crippen LogP contribution in [0, 0.1) is 0 Å². The van der Waals surface area contributed by atoms with Crippen molar-refractivity contribution in [1.29, 1.82) is 0 Å². The molecule has 0 spiro atoms. The predicted molar refractivity (Wildman–Crippen MR) is 62.9 cm³/mol. The molecule has 1 fully saturated rings. The van der Waals surface area contributed by atoms with Gasteiger partial charge < -0.3 is 14.5 Å². The summed E-state index contributed by atoms with van der Waals surface area (Å²) in [5.74, 6) is 0.755. The van der Waals surface area contributed by atoms with Crippen LogP contribution >= 0.6 is 0 Å². The molecular formula is C12H15N3O2. The van der Waals surface area contributed by atoms with Gasteiger partial charge in [0.2, 0.25) is 0 Å². The maximum atomic E-state index is 5.95. The summed E-state index contributed by atoms with van der Waals surface area (Å²) in [5, 5.41) is 3.41. The lowest BCUT2D eigenvalue weighted by Crippen LogP contribution is -2.42. The smallest absolute Gasteiger partial charge is 0.250 e. The van der Waals surface area contributed by atoms with Crippen molar-refractivity contribution in [3.8, 4) is 5.75 Å². The van der Waals surface area contributed by atoms with Gasteiger partial charge in [0.15, 0.2) is 17.7 Å². The molecule has 1 aliphatic rings. The molecule has 0 unspecified atom stereocenters. The van der Waals surface area contributed by atoms with Crippen LogP contribution < -0.4 is 10.1 Å². The third-order valence-corrected chi connectivity index (χ3v) is 3.11. The molecule has 2 aromatic heterocycles. The van der Waals surface area contributed by atoms with E-state index in [2.05, 4.69) is 22.2 Å². The first-order valence-corrected chi connectivity index (χ1v) is 5.91. The number of pyridine rings is 1. The lowest BCUT2D eigenvalue weighted by Gasteiger charge is -2.28. The van der Waals surface area contributed by atoms with Crippen LogP contribution in [0.25, 0.3) is 11.2 Å². The lowest BCUT2D eigenvalue weighted by molar-refractivity contribution is 0.154. The zero-order valence-electron chi connectivity index (χ0n) is 9.72. The summed E-state index contributed by atoms with van der Waals surface area (Å²) in [6, 6.07) is 2.42. The summed E-state index contributed by atoms with van der Waals surface area (Å²) in [6.45, 7) is 3.07. The second-order valence-corrected chi connectivity index (χ2v) is 4.44. The first-order chi connectivity index (χ1) is 8.33. The highest BCUT2D eigenvalue weighted by atomic mass is 16.5. The number of oxazole rings is 1. The molecule has 0 amide bonds. The lowest BCUT2D eigenvalue weighted by atomic mass is 10.0. The Kier molecular flexibility index (Phi) is 2.68. The van der Waals surface area contributed by atoms with Crippen LogP contribution in [0.5, 0.6) is 5.75 Å². The molecule has 5 nitrogen and oxygen atoms in total. The summed E-state index contributed by atoms with van der Waals surface area (Å²) in [4.78, 5) is 8.21. The van der Waals surface area contributed by atoms with Crippen LogP contribution in [0.1, 0.15) is 19.8 Å². The van der Waals surface area contributed by atoms with E-state index in [1.807, 2.05) is 6.07 Å². The van der Waals surface area contributed by atoms with Crippen molar-refractivity contribution in [2.24, 2.45) is 0 Å². The predicted octanol–water partition coefficient (Wildman–Crippen LogP) is 1.74. The topological polar surface area (TPSA) is 60.2 Å². The van der Waals surface area contributed by atoms with E-state index in [4.69, 9.17) is 9.15 Å². The van der Waals surface area contributed by atoms with E-state index in [-0.39, 0.29) is 6.10 Å². The fourth-order valence-electron chi connectivity index (χ4n) is 2.10.